The topological polar surface area (TPSA) is 163 Å². The van der Waals surface area contributed by atoms with Crippen molar-refractivity contribution in [3.8, 4) is 5.75 Å². The van der Waals surface area contributed by atoms with Crippen LogP contribution in [0.4, 0.5) is 0 Å². The Bertz CT molecular complexity index is 1590. The van der Waals surface area contributed by atoms with Crippen molar-refractivity contribution in [3.05, 3.63) is 89.5 Å². The van der Waals surface area contributed by atoms with Crippen LogP contribution in [0.5, 0.6) is 5.75 Å². The molecule has 0 aliphatic carbocycles. The van der Waals surface area contributed by atoms with E-state index >= 15 is 0 Å². The van der Waals surface area contributed by atoms with Crippen LogP contribution in [0.15, 0.2) is 72.8 Å². The molecule has 0 fully saturated rings. The van der Waals surface area contributed by atoms with Gasteiger partial charge >= 0.3 is 23.9 Å². The molecule has 12 heteroatoms. The molecule has 0 heterocycles. The summed E-state index contributed by atoms with van der Waals surface area (Å²) >= 11 is 0. The van der Waals surface area contributed by atoms with E-state index in [2.05, 4.69) is 23.8 Å². The summed E-state index contributed by atoms with van der Waals surface area (Å²) in [5, 5.41) is 5.15. The van der Waals surface area contributed by atoms with Gasteiger partial charge in [-0.05, 0) is 70.4 Å². The minimum absolute atomic E-state index is 0.0210. The number of ether oxygens (including phenoxy) is 4. The third kappa shape index (κ3) is 12.0. The molecule has 2 aromatic carbocycles. The quantitative estimate of drug-likeness (QED) is 0.0734. The van der Waals surface area contributed by atoms with Crippen LogP contribution < -0.4 is 15.4 Å². The second-order valence-electron chi connectivity index (χ2n) is 13.1. The minimum Gasteiger partial charge on any atom is -0.455 e. The first-order chi connectivity index (χ1) is 22.7. The van der Waals surface area contributed by atoms with E-state index in [0.717, 1.165) is 11.1 Å². The lowest BCUT2D eigenvalue weighted by Crippen LogP contribution is -2.37. The molecular formula is C37H46N2O10. The summed E-state index contributed by atoms with van der Waals surface area (Å²) in [6.45, 7) is 20.8. The maximum Gasteiger partial charge on any atom is 0.422 e. The largest absolute Gasteiger partial charge is 0.455 e. The highest BCUT2D eigenvalue weighted by Crippen LogP contribution is 2.34. The molecule has 2 N–H and O–H groups in total. The lowest BCUT2D eigenvalue weighted by Gasteiger charge is -2.29. The zero-order valence-electron chi connectivity index (χ0n) is 29.4. The van der Waals surface area contributed by atoms with Crippen molar-refractivity contribution in [1.29, 1.82) is 0 Å². The standard InChI is InChI=1S/C37H46N2O10/c1-23(2)29(40)38-20-19-35(5,6)48-34(45)32(43)47-28-17-15-26(16-18-28)36(7,8)25-11-13-27(14-12-25)37(9,10)49-33(44)31(42)46-22-21-39-30(41)24(3)4/h11-18H,1,3,19-22H2,2,4-10H3,(H,38,40)(H,39,41). The van der Waals surface area contributed by atoms with Gasteiger partial charge in [-0.25, -0.2) is 19.2 Å². The average molecular weight is 679 g/mol. The number of hydrogen-bond donors (Lipinski definition) is 2. The zero-order valence-corrected chi connectivity index (χ0v) is 29.4. The van der Waals surface area contributed by atoms with Gasteiger partial charge in [0, 0.05) is 29.5 Å². The van der Waals surface area contributed by atoms with E-state index in [1.54, 1.807) is 71.0 Å². The van der Waals surface area contributed by atoms with Gasteiger partial charge in [0.25, 0.3) is 0 Å². The average Bonchev–Trinajstić information content (AvgIpc) is 3.02. The van der Waals surface area contributed by atoms with Crippen molar-refractivity contribution < 1.29 is 47.7 Å². The highest BCUT2D eigenvalue weighted by atomic mass is 16.6. The number of esters is 4. The summed E-state index contributed by atoms with van der Waals surface area (Å²) in [5.74, 6) is -5.21. The molecule has 0 spiro atoms. The molecule has 0 unspecified atom stereocenters. The highest BCUT2D eigenvalue weighted by Gasteiger charge is 2.32. The molecule has 264 valence electrons. The van der Waals surface area contributed by atoms with Crippen LogP contribution >= 0.6 is 0 Å². The van der Waals surface area contributed by atoms with Gasteiger partial charge in [-0.15, -0.1) is 0 Å². The van der Waals surface area contributed by atoms with Crippen LogP contribution in [0.25, 0.3) is 0 Å². The number of hydrogen-bond acceptors (Lipinski definition) is 10. The SMILES string of the molecule is C=C(C)C(=O)NCCOC(=O)C(=O)OC(C)(C)c1ccc(C(C)(C)c2ccc(OC(=O)C(=O)OC(C)(C)CCNC(=O)C(=C)C)cc2)cc1. The Labute approximate surface area is 287 Å². The molecule has 0 aliphatic heterocycles. The van der Waals surface area contributed by atoms with Gasteiger partial charge in [-0.2, -0.15) is 0 Å². The second kappa shape index (κ2) is 16.7. The van der Waals surface area contributed by atoms with Crippen LogP contribution in [0.1, 0.15) is 78.5 Å². The van der Waals surface area contributed by atoms with E-state index in [-0.39, 0.29) is 43.7 Å². The molecule has 0 atom stereocenters. The van der Waals surface area contributed by atoms with Crippen LogP contribution in [0, 0.1) is 0 Å². The molecule has 2 amide bonds. The third-order valence-electron chi connectivity index (χ3n) is 7.55. The van der Waals surface area contributed by atoms with Gasteiger partial charge in [-0.3, -0.25) is 9.59 Å². The maximum atomic E-state index is 12.4. The summed E-state index contributed by atoms with van der Waals surface area (Å²) in [7, 11) is 0. The maximum absolute atomic E-state index is 12.4. The number of nitrogens with one attached hydrogen (secondary N) is 2. The van der Waals surface area contributed by atoms with Crippen LogP contribution in [-0.4, -0.2) is 61.0 Å². The first kappa shape index (κ1) is 39.9. The van der Waals surface area contributed by atoms with Crippen molar-refractivity contribution in [2.24, 2.45) is 0 Å². The number of rotatable bonds is 14. The highest BCUT2D eigenvalue weighted by molar-refractivity contribution is 6.30. The normalized spacial score (nSPS) is 11.4. The molecule has 0 aromatic heterocycles. The fraction of sp³-hybridized carbons (Fsp3) is 0.405. The monoisotopic (exact) mass is 678 g/mol. The lowest BCUT2D eigenvalue weighted by molar-refractivity contribution is -0.176. The summed E-state index contributed by atoms with van der Waals surface area (Å²) in [4.78, 5) is 72.5. The van der Waals surface area contributed by atoms with E-state index in [4.69, 9.17) is 18.9 Å². The van der Waals surface area contributed by atoms with Crippen molar-refractivity contribution in [1.82, 2.24) is 10.6 Å². The smallest absolute Gasteiger partial charge is 0.422 e. The van der Waals surface area contributed by atoms with Crippen LogP contribution in [0.3, 0.4) is 0 Å². The third-order valence-corrected chi connectivity index (χ3v) is 7.55. The Morgan fingerprint density at radius 3 is 1.57 bits per heavy atom. The van der Waals surface area contributed by atoms with Gasteiger partial charge in [0.2, 0.25) is 11.8 Å². The van der Waals surface area contributed by atoms with Gasteiger partial charge in [0.1, 0.15) is 23.6 Å². The van der Waals surface area contributed by atoms with Crippen LogP contribution in [0.2, 0.25) is 0 Å². The van der Waals surface area contributed by atoms with E-state index in [1.807, 2.05) is 26.0 Å². The number of amides is 2. The Kier molecular flexibility index (Phi) is 13.6. The Hall–Kier alpha value is -5.26. The summed E-state index contributed by atoms with van der Waals surface area (Å²) in [5.41, 5.74) is 0.405. The second-order valence-corrected chi connectivity index (χ2v) is 13.1. The van der Waals surface area contributed by atoms with Gasteiger partial charge in [-0.1, -0.05) is 63.4 Å². The number of benzene rings is 2. The molecule has 2 aromatic rings. The van der Waals surface area contributed by atoms with Gasteiger partial charge in [0.05, 0.1) is 6.54 Å². The van der Waals surface area contributed by atoms with Crippen molar-refractivity contribution >= 4 is 35.7 Å². The van der Waals surface area contributed by atoms with E-state index < -0.39 is 40.5 Å². The van der Waals surface area contributed by atoms with Crippen molar-refractivity contribution in [2.45, 2.75) is 78.4 Å². The van der Waals surface area contributed by atoms with E-state index in [0.29, 0.717) is 16.7 Å². The summed E-state index contributed by atoms with van der Waals surface area (Å²) in [6.07, 6.45) is 0.271. The fourth-order valence-corrected chi connectivity index (χ4v) is 4.37. The molecule has 0 saturated carbocycles. The Morgan fingerprint density at radius 2 is 1.06 bits per heavy atom. The molecule has 12 nitrogen and oxygen atoms in total. The van der Waals surface area contributed by atoms with E-state index in [1.165, 1.54) is 6.92 Å². The molecule has 0 saturated heterocycles. The van der Waals surface area contributed by atoms with Gasteiger partial charge in [0.15, 0.2) is 0 Å². The van der Waals surface area contributed by atoms with Crippen LogP contribution in [-0.2, 0) is 54.0 Å². The summed E-state index contributed by atoms with van der Waals surface area (Å²) < 4.78 is 20.8. The van der Waals surface area contributed by atoms with Gasteiger partial charge < -0.3 is 29.6 Å². The molecule has 0 bridgehead atoms. The lowest BCUT2D eigenvalue weighted by atomic mass is 9.77. The zero-order chi connectivity index (χ0) is 37.2. The Morgan fingerprint density at radius 1 is 0.612 bits per heavy atom. The van der Waals surface area contributed by atoms with Crippen molar-refractivity contribution in [3.63, 3.8) is 0 Å². The first-order valence-corrected chi connectivity index (χ1v) is 15.6. The number of carbonyl (C=O) groups is 6. The van der Waals surface area contributed by atoms with E-state index in [9.17, 15) is 28.8 Å². The molecular weight excluding hydrogens is 632 g/mol. The fourth-order valence-electron chi connectivity index (χ4n) is 4.37. The van der Waals surface area contributed by atoms with Crippen molar-refractivity contribution in [2.75, 3.05) is 19.7 Å². The molecule has 49 heavy (non-hydrogen) atoms. The summed E-state index contributed by atoms with van der Waals surface area (Å²) in [6, 6.07) is 14.0. The minimum atomic E-state index is -1.18. The molecule has 0 radical (unpaired) electrons. The first-order valence-electron chi connectivity index (χ1n) is 15.6. The predicted octanol–water partition coefficient (Wildman–Crippen LogP) is 4.34. The Balaban J connectivity index is 1.97. The molecule has 0 aliphatic rings. The number of carbonyl (C=O) groups excluding carboxylic acids is 6. The predicted molar refractivity (Wildman–Crippen MR) is 181 cm³/mol. The molecule has 2 rings (SSSR count).